The Bertz CT molecular complexity index is 770. The van der Waals surface area contributed by atoms with Gasteiger partial charge in [-0.05, 0) is 44.9 Å². The zero-order valence-electron chi connectivity index (χ0n) is 15.5. The largest absolute Gasteiger partial charge is 0.372 e. The fraction of sp³-hybridized carbons (Fsp3) is 0.500. The molecule has 1 fully saturated rings. The van der Waals surface area contributed by atoms with Crippen molar-refractivity contribution in [1.29, 1.82) is 0 Å². The first-order valence-electron chi connectivity index (χ1n) is 8.65. The van der Waals surface area contributed by atoms with Crippen molar-refractivity contribution in [1.82, 2.24) is 15.1 Å². The van der Waals surface area contributed by atoms with E-state index in [9.17, 15) is 4.79 Å². The molecule has 0 unspecified atom stereocenters. The SMILES string of the molecule is Cc1cccc(Nc2nnc(SCC(=O)N3C[C@@H](C)O[C@H](C)C3)s2)c1C. The van der Waals surface area contributed by atoms with Crippen LogP contribution >= 0.6 is 23.1 Å². The van der Waals surface area contributed by atoms with Crippen LogP contribution < -0.4 is 5.32 Å². The number of hydrogen-bond acceptors (Lipinski definition) is 7. The van der Waals surface area contributed by atoms with Gasteiger partial charge in [-0.25, -0.2) is 0 Å². The van der Waals surface area contributed by atoms with Gasteiger partial charge in [0.05, 0.1) is 18.0 Å². The third-order valence-electron chi connectivity index (χ3n) is 4.34. The van der Waals surface area contributed by atoms with Gasteiger partial charge < -0.3 is 15.0 Å². The van der Waals surface area contributed by atoms with Crippen molar-refractivity contribution in [3.8, 4) is 0 Å². The standard InChI is InChI=1S/C18H24N4O2S2/c1-11-6-5-7-15(14(11)4)19-17-20-21-18(26-17)25-10-16(23)22-8-12(2)24-13(3)9-22/h5-7,12-13H,8-10H2,1-4H3,(H,19,20)/t12-,13-/m1/s1. The minimum atomic E-state index is 0.0857. The Morgan fingerprint density at radius 1 is 1.31 bits per heavy atom. The summed E-state index contributed by atoms with van der Waals surface area (Å²) >= 11 is 2.90. The highest BCUT2D eigenvalue weighted by Gasteiger charge is 2.25. The number of morpholine rings is 1. The zero-order chi connectivity index (χ0) is 18.7. The molecular formula is C18H24N4O2S2. The molecule has 2 heterocycles. The topological polar surface area (TPSA) is 67.4 Å². The summed E-state index contributed by atoms with van der Waals surface area (Å²) in [5.41, 5.74) is 3.46. The van der Waals surface area contributed by atoms with E-state index in [0.717, 1.165) is 15.2 Å². The number of nitrogens with one attached hydrogen (secondary N) is 1. The molecule has 1 aliphatic heterocycles. The molecule has 1 N–H and O–H groups in total. The summed E-state index contributed by atoms with van der Waals surface area (Å²) in [6.07, 6.45) is 0.171. The van der Waals surface area contributed by atoms with Crippen molar-refractivity contribution in [2.24, 2.45) is 0 Å². The Kier molecular flexibility index (Phi) is 6.16. The maximum atomic E-state index is 12.4. The molecule has 26 heavy (non-hydrogen) atoms. The number of ether oxygens (including phenoxy) is 1. The van der Waals surface area contributed by atoms with Crippen LogP contribution in [0.15, 0.2) is 22.5 Å². The minimum Gasteiger partial charge on any atom is -0.372 e. The molecule has 0 spiro atoms. The van der Waals surface area contributed by atoms with Crippen molar-refractivity contribution in [3.05, 3.63) is 29.3 Å². The Morgan fingerprint density at radius 3 is 2.77 bits per heavy atom. The number of carbonyl (C=O) groups is 1. The lowest BCUT2D eigenvalue weighted by atomic mass is 10.1. The van der Waals surface area contributed by atoms with Gasteiger partial charge >= 0.3 is 0 Å². The summed E-state index contributed by atoms with van der Waals surface area (Å²) in [7, 11) is 0. The van der Waals surface area contributed by atoms with E-state index < -0.39 is 0 Å². The van der Waals surface area contributed by atoms with Crippen LogP contribution in [0.3, 0.4) is 0 Å². The van der Waals surface area contributed by atoms with E-state index in [1.807, 2.05) is 30.9 Å². The van der Waals surface area contributed by atoms with Crippen LogP contribution in [0.25, 0.3) is 0 Å². The van der Waals surface area contributed by atoms with E-state index in [-0.39, 0.29) is 18.1 Å². The van der Waals surface area contributed by atoms with Crippen molar-refractivity contribution in [2.45, 2.75) is 44.2 Å². The second kappa shape index (κ2) is 8.37. The summed E-state index contributed by atoms with van der Waals surface area (Å²) in [6, 6.07) is 6.13. The summed E-state index contributed by atoms with van der Waals surface area (Å²) in [6.45, 7) is 9.47. The molecule has 0 aliphatic carbocycles. The molecule has 140 valence electrons. The molecule has 0 saturated carbocycles. The van der Waals surface area contributed by atoms with E-state index in [1.54, 1.807) is 0 Å². The molecular weight excluding hydrogens is 368 g/mol. The highest BCUT2D eigenvalue weighted by atomic mass is 32.2. The summed E-state index contributed by atoms with van der Waals surface area (Å²) in [5, 5.41) is 12.4. The molecule has 1 aromatic heterocycles. The van der Waals surface area contributed by atoms with Gasteiger partial charge in [-0.2, -0.15) is 0 Å². The molecule has 8 heteroatoms. The predicted octanol–water partition coefficient (Wildman–Crippen LogP) is 3.63. The van der Waals surface area contributed by atoms with Gasteiger partial charge in [0.2, 0.25) is 11.0 Å². The van der Waals surface area contributed by atoms with Gasteiger partial charge in [0.15, 0.2) is 4.34 Å². The Balaban J connectivity index is 1.55. The van der Waals surface area contributed by atoms with Gasteiger partial charge in [-0.15, -0.1) is 10.2 Å². The number of rotatable bonds is 5. The molecule has 2 atom stereocenters. The molecule has 1 aromatic carbocycles. The number of amides is 1. The molecule has 6 nitrogen and oxygen atoms in total. The quantitative estimate of drug-likeness (QED) is 0.784. The fourth-order valence-corrected chi connectivity index (χ4v) is 4.58. The van der Waals surface area contributed by atoms with E-state index in [0.29, 0.717) is 18.8 Å². The number of aryl methyl sites for hydroxylation is 1. The normalized spacial score (nSPS) is 20.2. The van der Waals surface area contributed by atoms with Crippen molar-refractivity contribution >= 4 is 39.8 Å². The Hall–Kier alpha value is -1.64. The lowest BCUT2D eigenvalue weighted by Crippen LogP contribution is -2.48. The number of benzene rings is 1. The van der Waals surface area contributed by atoms with Crippen LogP contribution in [-0.4, -0.2) is 52.1 Å². The van der Waals surface area contributed by atoms with Gasteiger partial charge in [0, 0.05) is 18.8 Å². The van der Waals surface area contributed by atoms with Crippen LogP contribution in [0.5, 0.6) is 0 Å². The second-order valence-corrected chi connectivity index (χ2v) is 8.79. The van der Waals surface area contributed by atoms with Crippen LogP contribution in [-0.2, 0) is 9.53 Å². The molecule has 0 radical (unpaired) electrons. The third-order valence-corrected chi connectivity index (χ3v) is 6.30. The first kappa shape index (κ1) is 19.1. The molecule has 1 amide bonds. The van der Waals surface area contributed by atoms with Crippen molar-refractivity contribution < 1.29 is 9.53 Å². The fourth-order valence-electron chi connectivity index (χ4n) is 2.92. The van der Waals surface area contributed by atoms with Crippen LogP contribution in [0, 0.1) is 13.8 Å². The van der Waals surface area contributed by atoms with Crippen LogP contribution in [0.1, 0.15) is 25.0 Å². The summed E-state index contributed by atoms with van der Waals surface area (Å²) in [4.78, 5) is 14.3. The van der Waals surface area contributed by atoms with E-state index >= 15 is 0 Å². The number of thioether (sulfide) groups is 1. The number of aromatic nitrogens is 2. The zero-order valence-corrected chi connectivity index (χ0v) is 17.1. The average Bonchev–Trinajstić information content (AvgIpc) is 3.03. The van der Waals surface area contributed by atoms with Crippen molar-refractivity contribution in [2.75, 3.05) is 24.2 Å². The lowest BCUT2D eigenvalue weighted by Gasteiger charge is -2.35. The monoisotopic (exact) mass is 392 g/mol. The van der Waals surface area contributed by atoms with E-state index in [1.165, 1.54) is 34.2 Å². The molecule has 1 aliphatic rings. The Labute approximate surface area is 162 Å². The van der Waals surface area contributed by atoms with Crippen LogP contribution in [0.4, 0.5) is 10.8 Å². The summed E-state index contributed by atoms with van der Waals surface area (Å²) in [5.74, 6) is 0.494. The smallest absolute Gasteiger partial charge is 0.233 e. The number of carbonyl (C=O) groups excluding carboxylic acids is 1. The third kappa shape index (κ3) is 4.75. The Morgan fingerprint density at radius 2 is 2.04 bits per heavy atom. The molecule has 2 aromatic rings. The number of anilines is 2. The lowest BCUT2D eigenvalue weighted by molar-refractivity contribution is -0.140. The first-order chi connectivity index (χ1) is 12.4. The molecule has 1 saturated heterocycles. The van der Waals surface area contributed by atoms with Gasteiger partial charge in [-0.3, -0.25) is 4.79 Å². The number of hydrogen-bond donors (Lipinski definition) is 1. The maximum Gasteiger partial charge on any atom is 0.233 e. The van der Waals surface area contributed by atoms with Gasteiger partial charge in [0.1, 0.15) is 0 Å². The average molecular weight is 393 g/mol. The predicted molar refractivity (Wildman–Crippen MR) is 106 cm³/mol. The van der Waals surface area contributed by atoms with Gasteiger partial charge in [0.25, 0.3) is 0 Å². The van der Waals surface area contributed by atoms with Gasteiger partial charge in [-0.1, -0.05) is 35.2 Å². The van der Waals surface area contributed by atoms with E-state index in [2.05, 4.69) is 35.4 Å². The van der Waals surface area contributed by atoms with Crippen LogP contribution in [0.2, 0.25) is 0 Å². The maximum absolute atomic E-state index is 12.4. The second-order valence-electron chi connectivity index (χ2n) is 6.59. The number of nitrogens with zero attached hydrogens (tertiary/aromatic N) is 3. The van der Waals surface area contributed by atoms with E-state index in [4.69, 9.17) is 4.74 Å². The highest BCUT2D eigenvalue weighted by Crippen LogP contribution is 2.29. The summed E-state index contributed by atoms with van der Waals surface area (Å²) < 4.78 is 6.47. The highest BCUT2D eigenvalue weighted by molar-refractivity contribution is 8.01. The van der Waals surface area contributed by atoms with Crippen molar-refractivity contribution in [3.63, 3.8) is 0 Å². The molecule has 3 rings (SSSR count). The first-order valence-corrected chi connectivity index (χ1v) is 10.5. The minimum absolute atomic E-state index is 0.0857. The molecule has 0 bridgehead atoms.